The number of nitrogens with zero attached hydrogens (tertiary/aromatic N) is 3. The third kappa shape index (κ3) is 13.1. The number of aliphatic hydroxyl groups is 3. The summed E-state index contributed by atoms with van der Waals surface area (Å²) in [6, 6.07) is -8.04. The van der Waals surface area contributed by atoms with E-state index in [1.165, 1.54) is 27.7 Å². The molecule has 21 nitrogen and oxygen atoms in total. The Labute approximate surface area is 411 Å². The van der Waals surface area contributed by atoms with Gasteiger partial charge in [0.1, 0.15) is 30.3 Å². The molecule has 21 heteroatoms. The van der Waals surface area contributed by atoms with E-state index in [0.717, 1.165) is 16.9 Å². The SMILES string of the molecule is C/C=C(\C)C(=O)[C@@H](C)/C=C(\C)[C@H]1O[C@@](O)([C@](C)(O)C(=O)N[C@@H]2C(=O)N3NCCCC3C(=O)N(O)[C@@H](C)C(=O)C[C@H](CC(C)C)C(=O)N3NCCC[C@H]3C(=O)N[C@H]([C@H](C)O)C(=O)O[C@H]2C(C)C)CC[C@@H]1C. The van der Waals surface area contributed by atoms with E-state index in [2.05, 4.69) is 21.5 Å². The first-order valence-corrected chi connectivity index (χ1v) is 24.8. The minimum Gasteiger partial charge on any atom is -0.458 e. The lowest BCUT2D eigenvalue weighted by Crippen LogP contribution is -2.70. The van der Waals surface area contributed by atoms with Gasteiger partial charge < -0.3 is 35.4 Å². The number of hydroxylamine groups is 2. The van der Waals surface area contributed by atoms with Crippen LogP contribution in [0.2, 0.25) is 0 Å². The number of carbonyl (C=O) groups excluding carboxylic acids is 8. The topological polar surface area (TPSA) is 294 Å². The molecule has 0 aromatic carbocycles. The van der Waals surface area contributed by atoms with Crippen LogP contribution >= 0.6 is 0 Å². The molecule has 70 heavy (non-hydrogen) atoms. The Morgan fingerprint density at radius 1 is 0.914 bits per heavy atom. The maximum atomic E-state index is 15.1. The second-order valence-corrected chi connectivity index (χ2v) is 20.7. The quantitative estimate of drug-likeness (QED) is 0.0630. The third-order valence-electron chi connectivity index (χ3n) is 14.2. The molecule has 394 valence electrons. The van der Waals surface area contributed by atoms with E-state index in [9.17, 15) is 54.1 Å². The number of hydrogen-bond acceptors (Lipinski definition) is 16. The van der Waals surface area contributed by atoms with Gasteiger partial charge in [0.2, 0.25) is 17.6 Å². The highest BCUT2D eigenvalue weighted by molar-refractivity contribution is 5.98. The Balaban J connectivity index is 1.83. The van der Waals surface area contributed by atoms with Crippen LogP contribution in [-0.4, -0.2) is 156 Å². The predicted molar refractivity (Wildman–Crippen MR) is 253 cm³/mol. The van der Waals surface area contributed by atoms with Gasteiger partial charge >= 0.3 is 5.97 Å². The normalized spacial score (nSPS) is 32.7. The highest BCUT2D eigenvalue weighted by atomic mass is 16.6. The molecule has 8 N–H and O–H groups in total. The summed E-state index contributed by atoms with van der Waals surface area (Å²) in [6.07, 6.45) is -0.233. The highest BCUT2D eigenvalue weighted by Gasteiger charge is 2.58. The largest absolute Gasteiger partial charge is 0.458 e. The Kier molecular flexibility index (Phi) is 20.0. The number of rotatable bonds is 11. The van der Waals surface area contributed by atoms with Crippen molar-refractivity contribution in [3.8, 4) is 0 Å². The summed E-state index contributed by atoms with van der Waals surface area (Å²) in [6.45, 7) is 19.4. The molecule has 13 atom stereocenters. The maximum absolute atomic E-state index is 15.1. The van der Waals surface area contributed by atoms with Gasteiger partial charge in [0.05, 0.1) is 12.2 Å². The molecule has 4 fully saturated rings. The summed E-state index contributed by atoms with van der Waals surface area (Å²) >= 11 is 0. The van der Waals surface area contributed by atoms with Crippen LogP contribution in [0, 0.1) is 29.6 Å². The van der Waals surface area contributed by atoms with Crippen LogP contribution in [-0.2, 0) is 47.8 Å². The lowest BCUT2D eigenvalue weighted by atomic mass is 9.80. The van der Waals surface area contributed by atoms with Crippen LogP contribution in [0.1, 0.15) is 134 Å². The van der Waals surface area contributed by atoms with Gasteiger partial charge in [0.25, 0.3) is 17.7 Å². The molecule has 0 bridgehead atoms. The van der Waals surface area contributed by atoms with Crippen molar-refractivity contribution in [3.05, 3.63) is 23.3 Å². The van der Waals surface area contributed by atoms with Gasteiger partial charge in [-0.1, -0.05) is 53.7 Å². The van der Waals surface area contributed by atoms with Gasteiger partial charge in [-0.2, -0.15) is 0 Å². The molecule has 0 radical (unpaired) electrons. The Hall–Kier alpha value is -4.64. The first-order valence-electron chi connectivity index (χ1n) is 24.8. The van der Waals surface area contributed by atoms with E-state index in [0.29, 0.717) is 30.5 Å². The fourth-order valence-corrected chi connectivity index (χ4v) is 9.59. The second kappa shape index (κ2) is 24.2. The average Bonchev–Trinajstić information content (AvgIpc) is 3.31. The molecule has 0 aliphatic carbocycles. The van der Waals surface area contributed by atoms with Crippen LogP contribution in [0.4, 0.5) is 0 Å². The number of ketones is 2. The van der Waals surface area contributed by atoms with Crippen molar-refractivity contribution in [2.75, 3.05) is 13.1 Å². The van der Waals surface area contributed by atoms with Crippen LogP contribution < -0.4 is 21.5 Å². The maximum Gasteiger partial charge on any atom is 0.331 e. The minimum atomic E-state index is -2.84. The molecule has 4 aliphatic rings. The van der Waals surface area contributed by atoms with Crippen molar-refractivity contribution >= 4 is 47.1 Å². The number of ether oxygens (including phenoxy) is 2. The highest BCUT2D eigenvalue weighted by Crippen LogP contribution is 2.41. The van der Waals surface area contributed by atoms with Gasteiger partial charge in [-0.15, -0.1) is 0 Å². The zero-order valence-corrected chi connectivity index (χ0v) is 42.9. The van der Waals surface area contributed by atoms with Crippen molar-refractivity contribution in [2.24, 2.45) is 29.6 Å². The standard InChI is InChI=1S/C49H79N7O14/c1-13-27(6)39(59)29(8)23-30(9)41-28(7)18-19-49(67,70-41)48(12,66)47(65)53-38-40(26(4)5)69-46(64)37(32(11)57)52-42(60)34-16-14-20-50-54(34)43(61)33(22-25(2)3)24-36(58)31(10)56(68)44(62)35-17-15-21-51-55(35)45(38)63/h13,23,25-26,28-29,31-35,37-38,40-41,50-51,57,66-68H,14-22,24H2,1-12H3,(H,52,60)(H,53,65)/b27-13+,30-23+/t28-,29-,31-,32-,33-,34-,35?,37+,38-,40-,41-,48+,49+/m0/s1. The summed E-state index contributed by atoms with van der Waals surface area (Å²) in [5.41, 5.74) is 4.05. The fourth-order valence-electron chi connectivity index (χ4n) is 9.59. The molecular weight excluding hydrogens is 911 g/mol. The monoisotopic (exact) mass is 990 g/mol. The number of Topliss-reactive ketones (excluding diaryl/α,β-unsaturated/α-hetero) is 2. The number of fused-ring (bicyclic) bond motifs is 2. The molecule has 4 aliphatic heterocycles. The van der Waals surface area contributed by atoms with Crippen molar-refractivity contribution < 1.29 is 68.4 Å². The number of hydrazine groups is 2. The van der Waals surface area contributed by atoms with Crippen LogP contribution in [0.15, 0.2) is 23.3 Å². The molecule has 4 heterocycles. The van der Waals surface area contributed by atoms with Crippen molar-refractivity contribution in [3.63, 3.8) is 0 Å². The third-order valence-corrected chi connectivity index (χ3v) is 14.2. The molecule has 5 amide bonds. The molecule has 0 spiro atoms. The number of esters is 1. The van der Waals surface area contributed by atoms with E-state index in [1.807, 2.05) is 20.8 Å². The molecule has 0 aromatic heterocycles. The number of carbonyl (C=O) groups is 8. The van der Waals surface area contributed by atoms with Crippen molar-refractivity contribution in [1.82, 2.24) is 36.6 Å². The van der Waals surface area contributed by atoms with Crippen LogP contribution in [0.25, 0.3) is 0 Å². The summed E-state index contributed by atoms with van der Waals surface area (Å²) in [5.74, 6) is -12.5. The van der Waals surface area contributed by atoms with E-state index in [4.69, 9.17) is 9.47 Å². The van der Waals surface area contributed by atoms with Gasteiger partial charge in [0.15, 0.2) is 23.2 Å². The van der Waals surface area contributed by atoms with Gasteiger partial charge in [0, 0.05) is 37.8 Å². The van der Waals surface area contributed by atoms with Crippen LogP contribution in [0.5, 0.6) is 0 Å². The summed E-state index contributed by atoms with van der Waals surface area (Å²) in [5, 5.41) is 53.9. The van der Waals surface area contributed by atoms with Gasteiger partial charge in [-0.25, -0.2) is 20.7 Å². The molecule has 1 unspecified atom stereocenters. The minimum absolute atomic E-state index is 0.0504. The van der Waals surface area contributed by atoms with E-state index < -0.39 is 125 Å². The zero-order chi connectivity index (χ0) is 52.7. The van der Waals surface area contributed by atoms with E-state index in [-0.39, 0.29) is 61.3 Å². The Morgan fingerprint density at radius 3 is 2.06 bits per heavy atom. The fraction of sp³-hybridized carbons (Fsp3) is 0.755. The smallest absolute Gasteiger partial charge is 0.331 e. The van der Waals surface area contributed by atoms with Crippen molar-refractivity contribution in [1.29, 1.82) is 0 Å². The molecular formula is C49H79N7O14. The number of allylic oxidation sites excluding steroid dienone is 3. The zero-order valence-electron chi connectivity index (χ0n) is 42.9. The summed E-state index contributed by atoms with van der Waals surface area (Å²) < 4.78 is 12.2. The molecule has 4 rings (SSSR count). The number of hydrogen-bond donors (Lipinski definition) is 8. The predicted octanol–water partition coefficient (Wildman–Crippen LogP) is 1.51. The van der Waals surface area contributed by atoms with Crippen molar-refractivity contribution in [2.45, 2.75) is 194 Å². The summed E-state index contributed by atoms with van der Waals surface area (Å²) in [4.78, 5) is 114. The number of nitrogens with one attached hydrogen (secondary N) is 4. The molecule has 0 aromatic rings. The van der Waals surface area contributed by atoms with E-state index in [1.54, 1.807) is 39.8 Å². The molecule has 4 saturated heterocycles. The Morgan fingerprint density at radius 2 is 1.50 bits per heavy atom. The first-order chi connectivity index (χ1) is 32.6. The number of amides is 5. The first kappa shape index (κ1) is 57.9. The molecule has 0 saturated carbocycles. The Bertz CT molecular complexity index is 2020. The van der Waals surface area contributed by atoms with E-state index >= 15 is 4.79 Å². The van der Waals surface area contributed by atoms with Gasteiger partial charge in [-0.05, 0) is 109 Å². The number of cyclic esters (lactones) is 1. The van der Waals surface area contributed by atoms with Crippen LogP contribution in [0.3, 0.4) is 0 Å². The lowest BCUT2D eigenvalue weighted by molar-refractivity contribution is -0.321. The van der Waals surface area contributed by atoms with Gasteiger partial charge in [-0.3, -0.25) is 48.8 Å². The average molecular weight is 990 g/mol. The second-order valence-electron chi connectivity index (χ2n) is 20.7. The lowest BCUT2D eigenvalue weighted by Gasteiger charge is -2.48. The summed E-state index contributed by atoms with van der Waals surface area (Å²) in [7, 11) is 0. The number of aliphatic hydroxyl groups excluding tert-OH is 1.